The predicted molar refractivity (Wildman–Crippen MR) is 82.9 cm³/mol. The largest absolute Gasteiger partial charge is 0.325 e. The second-order valence-electron chi connectivity index (χ2n) is 5.82. The van der Waals surface area contributed by atoms with E-state index in [0.717, 1.165) is 25.3 Å². The molecule has 1 aliphatic heterocycles. The Morgan fingerprint density at radius 3 is 2.80 bits per heavy atom. The van der Waals surface area contributed by atoms with Crippen molar-refractivity contribution in [2.45, 2.75) is 19.8 Å². The van der Waals surface area contributed by atoms with E-state index in [4.69, 9.17) is 0 Å². The van der Waals surface area contributed by atoms with Crippen LogP contribution in [0.15, 0.2) is 24.3 Å². The third-order valence-electron chi connectivity index (χ3n) is 3.72. The van der Waals surface area contributed by atoms with Crippen molar-refractivity contribution in [1.82, 2.24) is 10.2 Å². The zero-order chi connectivity index (χ0) is 14.4. The molecule has 4 heteroatoms. The first-order chi connectivity index (χ1) is 9.63. The van der Waals surface area contributed by atoms with Gasteiger partial charge in [0.25, 0.3) is 0 Å². The van der Waals surface area contributed by atoms with Gasteiger partial charge >= 0.3 is 0 Å². The van der Waals surface area contributed by atoms with Crippen molar-refractivity contribution < 1.29 is 4.79 Å². The molecule has 20 heavy (non-hydrogen) atoms. The van der Waals surface area contributed by atoms with Gasteiger partial charge in [0.15, 0.2) is 0 Å². The van der Waals surface area contributed by atoms with Crippen LogP contribution in [0.3, 0.4) is 0 Å². The summed E-state index contributed by atoms with van der Waals surface area (Å²) in [5.41, 5.74) is 2.07. The van der Waals surface area contributed by atoms with Gasteiger partial charge in [-0.15, -0.1) is 0 Å². The average molecular weight is 275 g/mol. The topological polar surface area (TPSA) is 44.4 Å². The van der Waals surface area contributed by atoms with Gasteiger partial charge in [-0.1, -0.05) is 17.7 Å². The number of hydrogen-bond acceptors (Lipinski definition) is 3. The Bertz CT molecular complexity index is 424. The highest BCUT2D eigenvalue weighted by Gasteiger charge is 2.16. The van der Waals surface area contributed by atoms with Crippen molar-refractivity contribution in [3.63, 3.8) is 0 Å². The summed E-state index contributed by atoms with van der Waals surface area (Å²) in [4.78, 5) is 14.1. The van der Waals surface area contributed by atoms with Crippen LogP contribution in [-0.2, 0) is 4.79 Å². The van der Waals surface area contributed by atoms with Gasteiger partial charge in [-0.3, -0.25) is 9.69 Å². The van der Waals surface area contributed by atoms with Crippen LogP contribution < -0.4 is 10.6 Å². The van der Waals surface area contributed by atoms with Gasteiger partial charge in [-0.2, -0.15) is 0 Å². The molecule has 1 aromatic carbocycles. The Labute approximate surface area is 121 Å². The fraction of sp³-hybridized carbons (Fsp3) is 0.562. The highest BCUT2D eigenvalue weighted by molar-refractivity contribution is 5.92. The Hall–Kier alpha value is -1.39. The van der Waals surface area contributed by atoms with Gasteiger partial charge in [-0.05, 0) is 58.0 Å². The molecule has 0 saturated carbocycles. The van der Waals surface area contributed by atoms with Crippen molar-refractivity contribution in [1.29, 1.82) is 0 Å². The number of nitrogens with one attached hydrogen (secondary N) is 2. The lowest BCUT2D eigenvalue weighted by molar-refractivity contribution is -0.117. The molecule has 1 atom stereocenters. The minimum atomic E-state index is 0.0557. The third-order valence-corrected chi connectivity index (χ3v) is 3.72. The van der Waals surface area contributed by atoms with Crippen LogP contribution in [0.25, 0.3) is 0 Å². The smallest absolute Gasteiger partial charge is 0.238 e. The molecule has 1 unspecified atom stereocenters. The van der Waals surface area contributed by atoms with Gasteiger partial charge in [0.1, 0.15) is 0 Å². The maximum absolute atomic E-state index is 12.0. The van der Waals surface area contributed by atoms with Crippen LogP contribution in [0.1, 0.15) is 18.4 Å². The molecule has 0 radical (unpaired) electrons. The van der Waals surface area contributed by atoms with E-state index in [1.807, 2.05) is 38.2 Å². The summed E-state index contributed by atoms with van der Waals surface area (Å²) in [5.74, 6) is 0.723. The average Bonchev–Trinajstić information content (AvgIpc) is 2.42. The number of likely N-dealkylation sites (N-methyl/N-ethyl adjacent to an activating group) is 1. The van der Waals surface area contributed by atoms with Crippen molar-refractivity contribution in [3.8, 4) is 0 Å². The van der Waals surface area contributed by atoms with E-state index in [2.05, 4.69) is 15.5 Å². The number of rotatable bonds is 5. The Balaban J connectivity index is 1.74. The number of hydrogen-bond donors (Lipinski definition) is 2. The predicted octanol–water partition coefficient (Wildman–Crippen LogP) is 1.86. The summed E-state index contributed by atoms with van der Waals surface area (Å²) in [6.07, 6.45) is 2.50. The van der Waals surface area contributed by atoms with E-state index >= 15 is 0 Å². The zero-order valence-electron chi connectivity index (χ0n) is 12.5. The van der Waals surface area contributed by atoms with Crippen LogP contribution in [0.4, 0.5) is 5.69 Å². The maximum atomic E-state index is 12.0. The number of aryl methyl sites for hydroxylation is 1. The monoisotopic (exact) mass is 275 g/mol. The van der Waals surface area contributed by atoms with Crippen molar-refractivity contribution in [2.75, 3.05) is 38.5 Å². The molecule has 2 N–H and O–H groups in total. The zero-order valence-corrected chi connectivity index (χ0v) is 12.5. The van der Waals surface area contributed by atoms with Gasteiger partial charge in [0, 0.05) is 12.2 Å². The molecule has 1 aliphatic rings. The van der Waals surface area contributed by atoms with E-state index in [-0.39, 0.29) is 5.91 Å². The lowest BCUT2D eigenvalue weighted by Gasteiger charge is -2.27. The fourth-order valence-electron chi connectivity index (χ4n) is 2.67. The molecule has 0 aliphatic carbocycles. The summed E-state index contributed by atoms with van der Waals surface area (Å²) in [7, 11) is 2.02. The third kappa shape index (κ3) is 4.94. The molecular weight excluding hydrogens is 250 g/mol. The summed E-state index contributed by atoms with van der Waals surface area (Å²) in [6.45, 7) is 5.67. The Morgan fingerprint density at radius 1 is 1.40 bits per heavy atom. The minimum Gasteiger partial charge on any atom is -0.325 e. The van der Waals surface area contributed by atoms with Crippen LogP contribution in [0.2, 0.25) is 0 Å². The second kappa shape index (κ2) is 7.41. The molecule has 1 amide bonds. The lowest BCUT2D eigenvalue weighted by Crippen LogP contribution is -2.39. The van der Waals surface area contributed by atoms with Gasteiger partial charge in [0.2, 0.25) is 5.91 Å². The molecule has 110 valence electrons. The van der Waals surface area contributed by atoms with Crippen LogP contribution in [0, 0.1) is 12.8 Å². The number of anilines is 1. The summed E-state index contributed by atoms with van der Waals surface area (Å²) >= 11 is 0. The van der Waals surface area contributed by atoms with Crippen molar-refractivity contribution in [3.05, 3.63) is 29.8 Å². The van der Waals surface area contributed by atoms with Gasteiger partial charge in [0.05, 0.1) is 6.54 Å². The summed E-state index contributed by atoms with van der Waals surface area (Å²) in [5, 5.41) is 6.35. The molecule has 1 fully saturated rings. The standard InChI is InChI=1S/C16H25N3O/c1-13-5-7-15(8-6-13)18-16(20)12-19(2)11-14-4-3-9-17-10-14/h5-8,14,17H,3-4,9-12H2,1-2H3,(H,18,20). The maximum Gasteiger partial charge on any atom is 0.238 e. The highest BCUT2D eigenvalue weighted by atomic mass is 16.2. The first kappa shape index (κ1) is 15.0. The van der Waals surface area contributed by atoms with Crippen molar-refractivity contribution >= 4 is 11.6 Å². The number of carbonyl (C=O) groups excluding carboxylic acids is 1. The van der Waals surface area contributed by atoms with E-state index in [0.29, 0.717) is 12.5 Å². The van der Waals surface area contributed by atoms with E-state index < -0.39 is 0 Å². The second-order valence-corrected chi connectivity index (χ2v) is 5.82. The molecule has 0 bridgehead atoms. The summed E-state index contributed by atoms with van der Waals surface area (Å²) < 4.78 is 0. The molecule has 4 nitrogen and oxygen atoms in total. The molecule has 0 aromatic heterocycles. The molecule has 2 rings (SSSR count). The van der Waals surface area contributed by atoms with E-state index in [9.17, 15) is 4.79 Å². The number of benzene rings is 1. The van der Waals surface area contributed by atoms with Crippen molar-refractivity contribution in [2.24, 2.45) is 5.92 Å². The minimum absolute atomic E-state index is 0.0557. The Morgan fingerprint density at radius 2 is 2.15 bits per heavy atom. The fourth-order valence-corrected chi connectivity index (χ4v) is 2.67. The summed E-state index contributed by atoms with van der Waals surface area (Å²) in [6, 6.07) is 7.90. The van der Waals surface area contributed by atoms with Crippen LogP contribution in [-0.4, -0.2) is 44.0 Å². The molecule has 1 heterocycles. The highest BCUT2D eigenvalue weighted by Crippen LogP contribution is 2.11. The molecule has 1 aromatic rings. The van der Waals surface area contributed by atoms with Crippen LogP contribution in [0.5, 0.6) is 0 Å². The number of piperidine rings is 1. The molecule has 0 spiro atoms. The van der Waals surface area contributed by atoms with Crippen LogP contribution >= 0.6 is 0 Å². The molecule has 1 saturated heterocycles. The van der Waals surface area contributed by atoms with Gasteiger partial charge < -0.3 is 10.6 Å². The molecular formula is C16H25N3O. The first-order valence-electron chi connectivity index (χ1n) is 7.39. The van der Waals surface area contributed by atoms with E-state index in [1.54, 1.807) is 0 Å². The SMILES string of the molecule is Cc1ccc(NC(=O)CN(C)CC2CCCNC2)cc1. The Kier molecular flexibility index (Phi) is 5.56. The van der Waals surface area contributed by atoms with Gasteiger partial charge in [-0.25, -0.2) is 0 Å². The first-order valence-corrected chi connectivity index (χ1v) is 7.39. The van der Waals surface area contributed by atoms with E-state index in [1.165, 1.54) is 18.4 Å². The number of amides is 1. The lowest BCUT2D eigenvalue weighted by atomic mass is 9.99. The number of carbonyl (C=O) groups is 1. The quantitative estimate of drug-likeness (QED) is 0.862. The number of nitrogens with zero attached hydrogens (tertiary/aromatic N) is 1. The normalized spacial score (nSPS) is 19.1.